The van der Waals surface area contributed by atoms with E-state index in [4.69, 9.17) is 0 Å². The van der Waals surface area contributed by atoms with Crippen molar-refractivity contribution in [2.45, 2.75) is 70.8 Å². The summed E-state index contributed by atoms with van der Waals surface area (Å²) in [5.41, 5.74) is 2.97. The Balaban J connectivity index is 1.73. The first kappa shape index (κ1) is 23.7. The number of hydrogen-bond donors (Lipinski definition) is 1. The molecule has 1 aromatic heterocycles. The molecular weight excluding hydrogens is 428 g/mol. The largest absolute Gasteiger partial charge is 0.478 e. The molecule has 0 radical (unpaired) electrons. The van der Waals surface area contributed by atoms with Gasteiger partial charge in [0.2, 0.25) is 5.91 Å². The van der Waals surface area contributed by atoms with Crippen molar-refractivity contribution in [1.82, 2.24) is 9.13 Å². The zero-order valence-electron chi connectivity index (χ0n) is 19.7. The standard InChI is InChI=1S/C28H32N2O4/c1-2-3-14-26(31)30-19-25(22-12-8-5-9-13-22)29(28(30)34)18-20-15-16-23(24(17-20)27(32)33)21-10-6-4-7-11-21/h4,6-7,10-11,15-17,19,22H,2-3,5,8-9,12-14,18H2,1H3,(H,32,33). The number of carboxylic acid groups (broad SMARTS) is 1. The van der Waals surface area contributed by atoms with Crippen molar-refractivity contribution in [2.75, 3.05) is 0 Å². The average Bonchev–Trinajstić information content (AvgIpc) is 3.19. The number of nitrogens with zero attached hydrogens (tertiary/aromatic N) is 2. The Morgan fingerprint density at radius 2 is 1.76 bits per heavy atom. The van der Waals surface area contributed by atoms with Crippen molar-refractivity contribution < 1.29 is 14.7 Å². The summed E-state index contributed by atoms with van der Waals surface area (Å²) in [6.45, 7) is 2.27. The predicted molar refractivity (Wildman–Crippen MR) is 133 cm³/mol. The normalized spacial score (nSPS) is 14.3. The molecule has 1 aliphatic rings. The highest BCUT2D eigenvalue weighted by atomic mass is 16.4. The van der Waals surface area contributed by atoms with Gasteiger partial charge in [-0.25, -0.2) is 14.2 Å². The van der Waals surface area contributed by atoms with E-state index in [1.807, 2.05) is 49.4 Å². The molecule has 0 saturated heterocycles. The maximum absolute atomic E-state index is 13.3. The van der Waals surface area contributed by atoms with Crippen molar-refractivity contribution in [3.05, 3.63) is 82.0 Å². The third-order valence-corrected chi connectivity index (χ3v) is 6.79. The fourth-order valence-corrected chi connectivity index (χ4v) is 4.93. The Bertz CT molecular complexity index is 1220. The molecule has 4 rings (SSSR count). The van der Waals surface area contributed by atoms with Gasteiger partial charge in [0, 0.05) is 24.2 Å². The van der Waals surface area contributed by atoms with E-state index >= 15 is 0 Å². The van der Waals surface area contributed by atoms with Crippen LogP contribution in [-0.2, 0) is 6.54 Å². The second kappa shape index (κ2) is 10.7. The summed E-state index contributed by atoms with van der Waals surface area (Å²) in [6.07, 6.45) is 9.15. The number of hydrogen-bond acceptors (Lipinski definition) is 3. The molecule has 0 unspecified atom stereocenters. The topological polar surface area (TPSA) is 81.3 Å². The highest BCUT2D eigenvalue weighted by Crippen LogP contribution is 2.33. The quantitative estimate of drug-likeness (QED) is 0.451. The van der Waals surface area contributed by atoms with Crippen molar-refractivity contribution in [1.29, 1.82) is 0 Å². The lowest BCUT2D eigenvalue weighted by Crippen LogP contribution is -2.30. The number of imidazole rings is 1. The minimum Gasteiger partial charge on any atom is -0.478 e. The molecule has 1 fully saturated rings. The summed E-state index contributed by atoms with van der Waals surface area (Å²) in [6, 6.07) is 14.8. The smallest absolute Gasteiger partial charge is 0.336 e. The fraction of sp³-hybridized carbons (Fsp3) is 0.393. The summed E-state index contributed by atoms with van der Waals surface area (Å²) < 4.78 is 2.96. The van der Waals surface area contributed by atoms with Gasteiger partial charge in [0.25, 0.3) is 0 Å². The molecule has 34 heavy (non-hydrogen) atoms. The van der Waals surface area contributed by atoms with Crippen molar-refractivity contribution in [2.24, 2.45) is 0 Å². The highest BCUT2D eigenvalue weighted by Gasteiger charge is 2.24. The molecule has 3 aromatic rings. The zero-order valence-corrected chi connectivity index (χ0v) is 19.7. The second-order valence-corrected chi connectivity index (χ2v) is 9.18. The fourth-order valence-electron chi connectivity index (χ4n) is 4.93. The van der Waals surface area contributed by atoms with Crippen molar-refractivity contribution in [3.8, 4) is 11.1 Å². The molecule has 0 atom stereocenters. The summed E-state index contributed by atoms with van der Waals surface area (Å²) in [4.78, 5) is 38.1. The molecule has 2 aromatic carbocycles. The van der Waals surface area contributed by atoms with Crippen LogP contribution < -0.4 is 5.69 Å². The minimum absolute atomic E-state index is 0.173. The Morgan fingerprint density at radius 3 is 2.44 bits per heavy atom. The van der Waals surface area contributed by atoms with E-state index in [9.17, 15) is 19.5 Å². The van der Waals surface area contributed by atoms with Crippen LogP contribution in [0.5, 0.6) is 0 Å². The van der Waals surface area contributed by atoms with E-state index < -0.39 is 5.97 Å². The van der Waals surface area contributed by atoms with Crippen LogP contribution in [0.1, 0.15) is 90.6 Å². The number of aromatic carboxylic acids is 1. The SMILES string of the molecule is CCCCC(=O)n1cc(C2CCCCC2)n(Cc2ccc(-c3ccccc3)c(C(=O)O)c2)c1=O. The summed E-state index contributed by atoms with van der Waals surface area (Å²) in [5.74, 6) is -0.939. The van der Waals surface area contributed by atoms with Gasteiger partial charge < -0.3 is 5.11 Å². The Kier molecular flexibility index (Phi) is 7.46. The first-order chi connectivity index (χ1) is 16.5. The molecule has 0 bridgehead atoms. The molecule has 1 aliphatic carbocycles. The van der Waals surface area contributed by atoms with E-state index in [0.29, 0.717) is 12.0 Å². The third kappa shape index (κ3) is 5.06. The van der Waals surface area contributed by atoms with Crippen LogP contribution in [0.15, 0.2) is 59.5 Å². The van der Waals surface area contributed by atoms with E-state index in [0.717, 1.165) is 55.3 Å². The lowest BCUT2D eigenvalue weighted by Gasteiger charge is -2.22. The van der Waals surface area contributed by atoms with E-state index in [1.54, 1.807) is 16.8 Å². The first-order valence-electron chi connectivity index (χ1n) is 12.3. The van der Waals surface area contributed by atoms with Gasteiger partial charge in [0.05, 0.1) is 12.1 Å². The zero-order chi connectivity index (χ0) is 24.1. The molecule has 6 heteroatoms. The number of rotatable bonds is 8. The Labute approximate surface area is 199 Å². The summed E-state index contributed by atoms with van der Waals surface area (Å²) in [5, 5.41) is 9.87. The molecule has 1 heterocycles. The van der Waals surface area contributed by atoms with E-state index in [1.165, 1.54) is 11.0 Å². The van der Waals surface area contributed by atoms with Gasteiger partial charge in [-0.15, -0.1) is 0 Å². The lowest BCUT2D eigenvalue weighted by atomic mass is 9.87. The minimum atomic E-state index is -1.01. The van der Waals surface area contributed by atoms with Crippen LogP contribution >= 0.6 is 0 Å². The molecule has 1 N–H and O–H groups in total. The highest BCUT2D eigenvalue weighted by molar-refractivity contribution is 5.96. The first-order valence-corrected chi connectivity index (χ1v) is 12.3. The maximum Gasteiger partial charge on any atom is 0.336 e. The maximum atomic E-state index is 13.3. The van der Waals surface area contributed by atoms with Gasteiger partial charge in [-0.05, 0) is 42.0 Å². The van der Waals surface area contributed by atoms with Crippen LogP contribution in [0, 0.1) is 0 Å². The van der Waals surface area contributed by atoms with Gasteiger partial charge in [-0.2, -0.15) is 0 Å². The molecule has 6 nitrogen and oxygen atoms in total. The van der Waals surface area contributed by atoms with Gasteiger partial charge >= 0.3 is 11.7 Å². The van der Waals surface area contributed by atoms with Gasteiger partial charge in [-0.1, -0.05) is 75.1 Å². The number of carbonyl (C=O) groups excluding carboxylic acids is 1. The van der Waals surface area contributed by atoms with Gasteiger partial charge in [-0.3, -0.25) is 9.36 Å². The number of carboxylic acids is 1. The molecule has 1 saturated carbocycles. The lowest BCUT2D eigenvalue weighted by molar-refractivity contribution is 0.0697. The number of carbonyl (C=O) groups is 2. The molecule has 0 spiro atoms. The molecule has 0 aliphatic heterocycles. The van der Waals surface area contributed by atoms with Crippen molar-refractivity contribution >= 4 is 11.9 Å². The van der Waals surface area contributed by atoms with Crippen LogP contribution in [0.3, 0.4) is 0 Å². The van der Waals surface area contributed by atoms with Gasteiger partial charge in [0.15, 0.2) is 0 Å². The third-order valence-electron chi connectivity index (χ3n) is 6.79. The number of unbranched alkanes of at least 4 members (excludes halogenated alkanes) is 1. The molecular formula is C28H32N2O4. The second-order valence-electron chi connectivity index (χ2n) is 9.18. The summed E-state index contributed by atoms with van der Waals surface area (Å²) in [7, 11) is 0. The van der Waals surface area contributed by atoms with Crippen LogP contribution in [0.2, 0.25) is 0 Å². The molecule has 178 valence electrons. The predicted octanol–water partition coefficient (Wildman–Crippen LogP) is 5.94. The van der Waals surface area contributed by atoms with E-state index in [-0.39, 0.29) is 29.6 Å². The van der Waals surface area contributed by atoms with E-state index in [2.05, 4.69) is 0 Å². The number of benzene rings is 2. The van der Waals surface area contributed by atoms with Crippen molar-refractivity contribution in [3.63, 3.8) is 0 Å². The van der Waals surface area contributed by atoms with Crippen LogP contribution in [0.4, 0.5) is 0 Å². The monoisotopic (exact) mass is 460 g/mol. The van der Waals surface area contributed by atoms with Gasteiger partial charge in [0.1, 0.15) is 0 Å². The average molecular weight is 461 g/mol. The Hall–Kier alpha value is -3.41. The number of aromatic nitrogens is 2. The summed E-state index contributed by atoms with van der Waals surface area (Å²) >= 11 is 0. The van der Waals surface area contributed by atoms with Crippen LogP contribution in [0.25, 0.3) is 11.1 Å². The Morgan fingerprint density at radius 1 is 1.03 bits per heavy atom. The van der Waals surface area contributed by atoms with Crippen LogP contribution in [-0.4, -0.2) is 26.1 Å². The molecule has 0 amide bonds.